The minimum atomic E-state index is 0.373. The Kier molecular flexibility index (Phi) is 2.91. The Hall–Kier alpha value is -1.09. The van der Waals surface area contributed by atoms with Crippen LogP contribution in [0.5, 0.6) is 0 Å². The van der Waals surface area contributed by atoms with Crippen molar-refractivity contribution in [2.45, 2.75) is 26.8 Å². The number of aryl methyl sites for hydroxylation is 2. The van der Waals surface area contributed by atoms with Crippen LogP contribution in [0.25, 0.3) is 0 Å². The van der Waals surface area contributed by atoms with E-state index >= 15 is 0 Å². The maximum Gasteiger partial charge on any atom is 0.0912 e. The molecule has 0 spiro atoms. The Morgan fingerprint density at radius 2 is 2.27 bits per heavy atom. The molecular weight excluding hydrogens is 204 g/mol. The van der Waals surface area contributed by atoms with Crippen LogP contribution >= 0.6 is 11.3 Å². The first-order valence-electron chi connectivity index (χ1n) is 5.25. The Balaban J connectivity index is 2.33. The van der Waals surface area contributed by atoms with Gasteiger partial charge in [-0.1, -0.05) is 0 Å². The molecule has 0 amide bonds. The van der Waals surface area contributed by atoms with Gasteiger partial charge in [0.25, 0.3) is 0 Å². The summed E-state index contributed by atoms with van der Waals surface area (Å²) < 4.78 is 0. The van der Waals surface area contributed by atoms with Crippen molar-refractivity contribution < 1.29 is 0 Å². The average Bonchev–Trinajstić information content (AvgIpc) is 2.57. The van der Waals surface area contributed by atoms with Gasteiger partial charge in [0.1, 0.15) is 0 Å². The second-order valence-corrected chi connectivity index (χ2v) is 5.21. The SMILES string of the molecule is CCN1C=NC=CC1c1cc(C)sc1C. The lowest BCUT2D eigenvalue weighted by Crippen LogP contribution is -2.27. The van der Waals surface area contributed by atoms with Crippen LogP contribution in [0.15, 0.2) is 23.3 Å². The highest BCUT2D eigenvalue weighted by Crippen LogP contribution is 2.31. The van der Waals surface area contributed by atoms with Crippen molar-refractivity contribution >= 4 is 17.7 Å². The van der Waals surface area contributed by atoms with Crippen molar-refractivity contribution in [3.8, 4) is 0 Å². The number of thiophene rings is 1. The first kappa shape index (κ1) is 10.4. The van der Waals surface area contributed by atoms with Gasteiger partial charge in [-0.05, 0) is 38.5 Å². The Labute approximate surface area is 95.0 Å². The summed E-state index contributed by atoms with van der Waals surface area (Å²) in [5.41, 5.74) is 1.42. The van der Waals surface area contributed by atoms with E-state index in [9.17, 15) is 0 Å². The zero-order valence-electron chi connectivity index (χ0n) is 9.40. The maximum atomic E-state index is 4.17. The highest BCUT2D eigenvalue weighted by Gasteiger charge is 2.19. The van der Waals surface area contributed by atoms with Crippen LogP contribution in [-0.4, -0.2) is 17.8 Å². The second-order valence-electron chi connectivity index (χ2n) is 3.75. The van der Waals surface area contributed by atoms with Crippen LogP contribution in [0.1, 0.15) is 28.3 Å². The molecule has 80 valence electrons. The molecule has 0 fully saturated rings. The third kappa shape index (κ3) is 1.97. The zero-order valence-corrected chi connectivity index (χ0v) is 10.2. The van der Waals surface area contributed by atoms with Gasteiger partial charge in [-0.25, -0.2) is 4.99 Å². The summed E-state index contributed by atoms with van der Waals surface area (Å²) in [5.74, 6) is 0. The molecule has 0 saturated heterocycles. The molecule has 1 aromatic rings. The van der Waals surface area contributed by atoms with E-state index in [1.165, 1.54) is 15.3 Å². The first-order chi connectivity index (χ1) is 7.22. The Bertz CT molecular complexity index is 404. The van der Waals surface area contributed by atoms with Gasteiger partial charge in [-0.2, -0.15) is 0 Å². The van der Waals surface area contributed by atoms with Crippen molar-refractivity contribution in [3.63, 3.8) is 0 Å². The molecular formula is C12H16N2S. The van der Waals surface area contributed by atoms with Crippen molar-refractivity contribution in [1.29, 1.82) is 0 Å². The summed E-state index contributed by atoms with van der Waals surface area (Å²) in [7, 11) is 0. The quantitative estimate of drug-likeness (QED) is 0.746. The fraction of sp³-hybridized carbons (Fsp3) is 0.417. The minimum Gasteiger partial charge on any atom is -0.352 e. The molecule has 0 N–H and O–H groups in total. The van der Waals surface area contributed by atoms with E-state index in [-0.39, 0.29) is 0 Å². The van der Waals surface area contributed by atoms with E-state index in [2.05, 4.69) is 42.8 Å². The fourth-order valence-corrected chi connectivity index (χ4v) is 2.91. The van der Waals surface area contributed by atoms with Gasteiger partial charge in [0, 0.05) is 22.5 Å². The normalized spacial score (nSPS) is 19.9. The largest absolute Gasteiger partial charge is 0.352 e. The van der Waals surface area contributed by atoms with Crippen LogP contribution in [0.3, 0.4) is 0 Å². The van der Waals surface area contributed by atoms with Gasteiger partial charge in [-0.15, -0.1) is 11.3 Å². The molecule has 0 aromatic carbocycles. The maximum absolute atomic E-state index is 4.17. The molecule has 1 atom stereocenters. The zero-order chi connectivity index (χ0) is 10.8. The highest BCUT2D eigenvalue weighted by molar-refractivity contribution is 7.12. The molecule has 2 rings (SSSR count). The minimum absolute atomic E-state index is 0.373. The van der Waals surface area contributed by atoms with E-state index in [0.717, 1.165) is 6.54 Å². The Morgan fingerprint density at radius 3 is 2.87 bits per heavy atom. The second kappa shape index (κ2) is 4.19. The van der Waals surface area contributed by atoms with Crippen LogP contribution < -0.4 is 0 Å². The molecule has 0 saturated carbocycles. The molecule has 0 bridgehead atoms. The van der Waals surface area contributed by atoms with Crippen molar-refractivity contribution in [1.82, 2.24) is 4.90 Å². The summed E-state index contributed by atoms with van der Waals surface area (Å²) in [5, 5.41) is 0. The van der Waals surface area contributed by atoms with Gasteiger partial charge in [0.05, 0.1) is 12.4 Å². The third-order valence-electron chi connectivity index (χ3n) is 2.69. The lowest BCUT2D eigenvalue weighted by atomic mass is 10.1. The standard InChI is InChI=1S/C12H16N2S/c1-4-14-8-13-6-5-12(14)11-7-9(2)15-10(11)3/h5-8,12H,4H2,1-3H3. The number of hydrogen-bond acceptors (Lipinski definition) is 3. The van der Waals surface area contributed by atoms with E-state index in [1.807, 2.05) is 23.9 Å². The average molecular weight is 220 g/mol. The number of rotatable bonds is 2. The predicted octanol–water partition coefficient (Wildman–Crippen LogP) is 3.28. The van der Waals surface area contributed by atoms with Crippen molar-refractivity contribution in [2.75, 3.05) is 6.54 Å². The molecule has 2 heterocycles. The topological polar surface area (TPSA) is 15.6 Å². The van der Waals surface area contributed by atoms with E-state index < -0.39 is 0 Å². The molecule has 1 aromatic heterocycles. The van der Waals surface area contributed by atoms with Crippen LogP contribution in [-0.2, 0) is 0 Å². The van der Waals surface area contributed by atoms with E-state index in [0.29, 0.717) is 6.04 Å². The number of hydrogen-bond donors (Lipinski definition) is 0. The predicted molar refractivity (Wildman–Crippen MR) is 66.5 cm³/mol. The van der Waals surface area contributed by atoms with Gasteiger partial charge >= 0.3 is 0 Å². The Morgan fingerprint density at radius 1 is 1.47 bits per heavy atom. The summed E-state index contributed by atoms with van der Waals surface area (Å²) in [6.07, 6.45) is 5.98. The van der Waals surface area contributed by atoms with Gasteiger partial charge in [0.15, 0.2) is 0 Å². The third-order valence-corrected chi connectivity index (χ3v) is 3.67. The van der Waals surface area contributed by atoms with E-state index in [4.69, 9.17) is 0 Å². The molecule has 1 aliphatic rings. The molecule has 1 unspecified atom stereocenters. The smallest absolute Gasteiger partial charge is 0.0912 e. The fourth-order valence-electron chi connectivity index (χ4n) is 1.94. The summed E-state index contributed by atoms with van der Waals surface area (Å²) in [6.45, 7) is 7.51. The molecule has 0 aliphatic carbocycles. The van der Waals surface area contributed by atoms with Crippen LogP contribution in [0, 0.1) is 13.8 Å². The van der Waals surface area contributed by atoms with Crippen LogP contribution in [0.4, 0.5) is 0 Å². The summed E-state index contributed by atoms with van der Waals surface area (Å²) in [4.78, 5) is 9.22. The number of aliphatic imine (C=N–C) groups is 1. The van der Waals surface area contributed by atoms with Crippen molar-refractivity contribution in [3.05, 3.63) is 33.7 Å². The highest BCUT2D eigenvalue weighted by atomic mass is 32.1. The monoisotopic (exact) mass is 220 g/mol. The molecule has 2 nitrogen and oxygen atoms in total. The molecule has 1 aliphatic heterocycles. The van der Waals surface area contributed by atoms with Crippen molar-refractivity contribution in [2.24, 2.45) is 4.99 Å². The first-order valence-corrected chi connectivity index (χ1v) is 6.06. The van der Waals surface area contributed by atoms with Gasteiger partial charge in [-0.3, -0.25) is 0 Å². The van der Waals surface area contributed by atoms with E-state index in [1.54, 1.807) is 0 Å². The molecule has 3 heteroatoms. The lowest BCUT2D eigenvalue weighted by molar-refractivity contribution is 0.390. The molecule has 15 heavy (non-hydrogen) atoms. The van der Waals surface area contributed by atoms with Gasteiger partial charge in [0.2, 0.25) is 0 Å². The number of nitrogens with zero attached hydrogens (tertiary/aromatic N) is 2. The molecule has 0 radical (unpaired) electrons. The summed E-state index contributed by atoms with van der Waals surface area (Å²) >= 11 is 1.87. The van der Waals surface area contributed by atoms with Crippen LogP contribution in [0.2, 0.25) is 0 Å². The number of likely N-dealkylation sites (N-methyl/N-ethyl adjacent to an activating group) is 1. The van der Waals surface area contributed by atoms with Gasteiger partial charge < -0.3 is 4.90 Å². The lowest BCUT2D eigenvalue weighted by Gasteiger charge is -2.28. The summed E-state index contributed by atoms with van der Waals surface area (Å²) in [6, 6.07) is 2.66.